The monoisotopic (exact) mass is 276 g/mol. The molecule has 0 radical (unpaired) electrons. The summed E-state index contributed by atoms with van der Waals surface area (Å²) < 4.78 is 29.4. The molecule has 0 atom stereocenters. The highest BCUT2D eigenvalue weighted by atomic mass is 32.2. The fourth-order valence-corrected chi connectivity index (χ4v) is 2.93. The third-order valence-corrected chi connectivity index (χ3v) is 4.42. The molecular formula is C15H16O3S. The van der Waals surface area contributed by atoms with E-state index in [4.69, 9.17) is 4.18 Å². The average molecular weight is 276 g/mol. The lowest BCUT2D eigenvalue weighted by Gasteiger charge is -2.09. The molecule has 0 aliphatic heterocycles. The summed E-state index contributed by atoms with van der Waals surface area (Å²) in [7, 11) is -3.71. The van der Waals surface area contributed by atoms with Gasteiger partial charge in [0.05, 0.1) is 11.5 Å². The number of hydrogen-bond donors (Lipinski definition) is 0. The maximum Gasteiger partial charge on any atom is 0.297 e. The van der Waals surface area contributed by atoms with E-state index >= 15 is 0 Å². The van der Waals surface area contributed by atoms with Crippen molar-refractivity contribution in [3.8, 4) is 0 Å². The zero-order chi connectivity index (χ0) is 13.9. The second-order valence-corrected chi connectivity index (χ2v) is 5.99. The highest BCUT2D eigenvalue weighted by Crippen LogP contribution is 2.19. The van der Waals surface area contributed by atoms with Crippen LogP contribution < -0.4 is 0 Å². The van der Waals surface area contributed by atoms with E-state index in [0.29, 0.717) is 5.56 Å². The van der Waals surface area contributed by atoms with E-state index in [2.05, 4.69) is 0 Å². The predicted octanol–water partition coefficient (Wildman–Crippen LogP) is 3.21. The van der Waals surface area contributed by atoms with Gasteiger partial charge in [-0.25, -0.2) is 0 Å². The van der Waals surface area contributed by atoms with Crippen LogP contribution >= 0.6 is 0 Å². The Kier molecular flexibility index (Phi) is 4.02. The van der Waals surface area contributed by atoms with Crippen molar-refractivity contribution in [2.24, 2.45) is 0 Å². The first-order chi connectivity index (χ1) is 9.00. The van der Waals surface area contributed by atoms with E-state index in [1.165, 1.54) is 0 Å². The van der Waals surface area contributed by atoms with Crippen LogP contribution in [0, 0.1) is 13.8 Å². The largest absolute Gasteiger partial charge is 0.297 e. The molecule has 2 rings (SSSR count). The van der Waals surface area contributed by atoms with Crippen molar-refractivity contribution < 1.29 is 12.6 Å². The molecule has 0 aliphatic rings. The van der Waals surface area contributed by atoms with Crippen molar-refractivity contribution in [1.82, 2.24) is 0 Å². The van der Waals surface area contributed by atoms with Crippen LogP contribution in [0.25, 0.3) is 0 Å². The summed E-state index contributed by atoms with van der Waals surface area (Å²) in [4.78, 5) is 0.226. The molecule has 0 aliphatic carbocycles. The molecule has 19 heavy (non-hydrogen) atoms. The molecule has 4 heteroatoms. The maximum absolute atomic E-state index is 12.1. The Labute approximate surface area is 114 Å². The molecule has 0 bridgehead atoms. The Bertz CT molecular complexity index is 675. The molecule has 2 aromatic carbocycles. The molecule has 0 heterocycles. The van der Waals surface area contributed by atoms with Gasteiger partial charge < -0.3 is 0 Å². The normalized spacial score (nSPS) is 11.5. The SMILES string of the molecule is Cc1ccccc1COS(=O)(=O)c1ccccc1C. The highest BCUT2D eigenvalue weighted by molar-refractivity contribution is 7.86. The second kappa shape index (κ2) is 5.55. The third-order valence-electron chi connectivity index (χ3n) is 2.99. The van der Waals surface area contributed by atoms with Crippen LogP contribution in [0.15, 0.2) is 53.4 Å². The van der Waals surface area contributed by atoms with Gasteiger partial charge in [0.2, 0.25) is 0 Å². The molecule has 2 aromatic rings. The van der Waals surface area contributed by atoms with E-state index in [-0.39, 0.29) is 11.5 Å². The van der Waals surface area contributed by atoms with Crippen LogP contribution in [0.2, 0.25) is 0 Å². The first-order valence-electron chi connectivity index (χ1n) is 6.00. The molecule has 100 valence electrons. The number of hydrogen-bond acceptors (Lipinski definition) is 3. The van der Waals surface area contributed by atoms with E-state index < -0.39 is 10.1 Å². The van der Waals surface area contributed by atoms with Crippen molar-refractivity contribution >= 4 is 10.1 Å². The second-order valence-electron chi connectivity index (χ2n) is 4.41. The lowest BCUT2D eigenvalue weighted by atomic mass is 10.1. The van der Waals surface area contributed by atoms with E-state index in [0.717, 1.165) is 11.1 Å². The van der Waals surface area contributed by atoms with Crippen molar-refractivity contribution in [3.05, 3.63) is 65.2 Å². The number of benzene rings is 2. The summed E-state index contributed by atoms with van der Waals surface area (Å²) in [5, 5.41) is 0. The first-order valence-corrected chi connectivity index (χ1v) is 7.41. The van der Waals surface area contributed by atoms with Crippen molar-refractivity contribution in [2.45, 2.75) is 25.3 Å². The molecular weight excluding hydrogens is 260 g/mol. The summed E-state index contributed by atoms with van der Waals surface area (Å²) in [6.45, 7) is 3.74. The lowest BCUT2D eigenvalue weighted by Crippen LogP contribution is -2.08. The lowest BCUT2D eigenvalue weighted by molar-refractivity contribution is 0.307. The fourth-order valence-electron chi connectivity index (χ4n) is 1.81. The average Bonchev–Trinajstić information content (AvgIpc) is 2.38. The van der Waals surface area contributed by atoms with Crippen molar-refractivity contribution in [1.29, 1.82) is 0 Å². The van der Waals surface area contributed by atoms with Gasteiger partial charge in [-0.2, -0.15) is 8.42 Å². The molecule has 0 aromatic heterocycles. The fraction of sp³-hybridized carbons (Fsp3) is 0.200. The Hall–Kier alpha value is -1.65. The van der Waals surface area contributed by atoms with Crippen LogP contribution in [-0.4, -0.2) is 8.42 Å². The van der Waals surface area contributed by atoms with Crippen LogP contribution in [0.5, 0.6) is 0 Å². The summed E-state index contributed by atoms with van der Waals surface area (Å²) in [6.07, 6.45) is 0. The molecule has 0 spiro atoms. The van der Waals surface area contributed by atoms with Crippen molar-refractivity contribution in [2.75, 3.05) is 0 Å². The van der Waals surface area contributed by atoms with Crippen LogP contribution in [-0.2, 0) is 20.9 Å². The van der Waals surface area contributed by atoms with Crippen LogP contribution in [0.1, 0.15) is 16.7 Å². The molecule has 0 saturated heterocycles. The van der Waals surface area contributed by atoms with Crippen LogP contribution in [0.3, 0.4) is 0 Å². The van der Waals surface area contributed by atoms with Gasteiger partial charge >= 0.3 is 0 Å². The van der Waals surface area contributed by atoms with E-state index in [1.807, 2.05) is 31.2 Å². The topological polar surface area (TPSA) is 43.4 Å². The van der Waals surface area contributed by atoms with Gasteiger partial charge in [-0.15, -0.1) is 0 Å². The van der Waals surface area contributed by atoms with Gasteiger partial charge in [-0.1, -0.05) is 42.5 Å². The summed E-state index contributed by atoms with van der Waals surface area (Å²) in [5.74, 6) is 0. The number of rotatable bonds is 4. The van der Waals surface area contributed by atoms with Gasteiger partial charge in [-0.05, 0) is 36.6 Å². The van der Waals surface area contributed by atoms with E-state index in [1.54, 1.807) is 31.2 Å². The molecule has 0 amide bonds. The zero-order valence-corrected chi connectivity index (χ0v) is 11.8. The standard InChI is InChI=1S/C15H16O3S/c1-12-7-3-5-9-14(12)11-18-19(16,17)15-10-6-4-8-13(15)2/h3-10H,11H2,1-2H3. The first kappa shape index (κ1) is 13.8. The molecule has 0 saturated carbocycles. The summed E-state index contributed by atoms with van der Waals surface area (Å²) >= 11 is 0. The van der Waals surface area contributed by atoms with Gasteiger partial charge in [0.25, 0.3) is 10.1 Å². The third kappa shape index (κ3) is 3.22. The minimum atomic E-state index is -3.71. The maximum atomic E-state index is 12.1. The number of aryl methyl sites for hydroxylation is 2. The van der Waals surface area contributed by atoms with Gasteiger partial charge in [-0.3, -0.25) is 4.18 Å². The minimum Gasteiger partial charge on any atom is -0.262 e. The Morgan fingerprint density at radius 1 is 0.895 bits per heavy atom. The summed E-state index contributed by atoms with van der Waals surface area (Å²) in [6, 6.07) is 14.4. The molecule has 0 unspecified atom stereocenters. The quantitative estimate of drug-likeness (QED) is 0.805. The zero-order valence-electron chi connectivity index (χ0n) is 11.0. The Morgan fingerprint density at radius 2 is 1.47 bits per heavy atom. The predicted molar refractivity (Wildman–Crippen MR) is 74.3 cm³/mol. The summed E-state index contributed by atoms with van der Waals surface area (Å²) in [5.41, 5.74) is 2.58. The van der Waals surface area contributed by atoms with Gasteiger partial charge in [0, 0.05) is 0 Å². The van der Waals surface area contributed by atoms with Crippen molar-refractivity contribution in [3.63, 3.8) is 0 Å². The van der Waals surface area contributed by atoms with E-state index in [9.17, 15) is 8.42 Å². The smallest absolute Gasteiger partial charge is 0.262 e. The molecule has 3 nitrogen and oxygen atoms in total. The van der Waals surface area contributed by atoms with Gasteiger partial charge in [0.1, 0.15) is 0 Å². The highest BCUT2D eigenvalue weighted by Gasteiger charge is 2.17. The Balaban J connectivity index is 2.20. The molecule has 0 fully saturated rings. The molecule has 0 N–H and O–H groups in total. The van der Waals surface area contributed by atoms with Gasteiger partial charge in [0.15, 0.2) is 0 Å². The van der Waals surface area contributed by atoms with Crippen LogP contribution in [0.4, 0.5) is 0 Å². The Morgan fingerprint density at radius 3 is 2.11 bits per heavy atom. The minimum absolute atomic E-state index is 0.0589.